The van der Waals surface area contributed by atoms with Gasteiger partial charge in [-0.1, -0.05) is 0 Å². The molecule has 2 rings (SSSR count). The number of ether oxygens (including phenoxy) is 1. The van der Waals surface area contributed by atoms with Crippen LogP contribution in [0.2, 0.25) is 0 Å². The lowest BCUT2D eigenvalue weighted by Gasteiger charge is -2.27. The number of rotatable bonds is 8. The predicted molar refractivity (Wildman–Crippen MR) is 111 cm³/mol. The summed E-state index contributed by atoms with van der Waals surface area (Å²) in [5.41, 5.74) is 1.97. The molecule has 3 unspecified atom stereocenters. The van der Waals surface area contributed by atoms with Crippen LogP contribution in [0, 0.1) is 18.2 Å². The van der Waals surface area contributed by atoms with Crippen molar-refractivity contribution in [2.45, 2.75) is 44.0 Å². The van der Waals surface area contributed by atoms with E-state index in [2.05, 4.69) is 24.0 Å². The highest BCUT2D eigenvalue weighted by molar-refractivity contribution is 7.66. The first-order valence-corrected chi connectivity index (χ1v) is 13.6. The van der Waals surface area contributed by atoms with Gasteiger partial charge in [0.15, 0.2) is 6.23 Å². The standard InChI is InChI=1S/C13H19ClN3O14P3/c1-6-5-8(15)16-12(19)17(6)11-13(20,3-4-14)10(18)9(28-11)7(2)29-33(24,25)31-34(26,27)30-32(21,22)23/h5,7,9-11,18,20H,1-2H3,(H,24,25)(H,26,27)(H2,15,16,19)(H2,21,22,23)/t7-,9+,10?,11+,13+/m0/s1. The van der Waals surface area contributed by atoms with Gasteiger partial charge < -0.3 is 40.3 Å². The lowest BCUT2D eigenvalue weighted by molar-refractivity contribution is -0.0876. The summed E-state index contributed by atoms with van der Waals surface area (Å²) in [7, 11) is -17.1. The van der Waals surface area contributed by atoms with Crippen LogP contribution in [0.15, 0.2) is 10.9 Å². The van der Waals surface area contributed by atoms with Crippen LogP contribution in [0.25, 0.3) is 0 Å². The van der Waals surface area contributed by atoms with Gasteiger partial charge >= 0.3 is 29.2 Å². The van der Waals surface area contributed by atoms with Crippen LogP contribution in [0.5, 0.6) is 0 Å². The molecule has 8 N–H and O–H groups in total. The van der Waals surface area contributed by atoms with E-state index in [4.69, 9.17) is 31.9 Å². The fourth-order valence-corrected chi connectivity index (χ4v) is 6.40. The van der Waals surface area contributed by atoms with Crippen molar-refractivity contribution in [3.63, 3.8) is 0 Å². The highest BCUT2D eigenvalue weighted by Crippen LogP contribution is 2.66. The molecular weight excluding hydrogens is 551 g/mol. The second-order valence-electron chi connectivity index (χ2n) is 6.82. The Balaban J connectivity index is 2.37. The third-order valence-corrected chi connectivity index (χ3v) is 8.27. The maximum atomic E-state index is 12.4. The Hall–Kier alpha value is -1.18. The molecule has 1 aliphatic rings. The van der Waals surface area contributed by atoms with Gasteiger partial charge in [-0.15, -0.1) is 0 Å². The molecule has 192 valence electrons. The Kier molecular flexibility index (Phi) is 8.59. The van der Waals surface area contributed by atoms with Crippen LogP contribution >= 0.6 is 35.1 Å². The molecule has 1 aliphatic heterocycles. The summed E-state index contributed by atoms with van der Waals surface area (Å²) in [6.07, 6.45) is -7.39. The van der Waals surface area contributed by atoms with Gasteiger partial charge in [0.1, 0.15) is 18.0 Å². The van der Waals surface area contributed by atoms with Gasteiger partial charge in [-0.3, -0.25) is 9.09 Å². The maximum absolute atomic E-state index is 12.4. The summed E-state index contributed by atoms with van der Waals surface area (Å²) in [4.78, 5) is 51.9. The highest BCUT2D eigenvalue weighted by atomic mass is 35.5. The summed E-state index contributed by atoms with van der Waals surface area (Å²) >= 11 is 5.37. The third kappa shape index (κ3) is 6.73. The van der Waals surface area contributed by atoms with Crippen LogP contribution in [0.3, 0.4) is 0 Å². The van der Waals surface area contributed by atoms with Crippen LogP contribution in [0.4, 0.5) is 5.82 Å². The number of nitrogens with two attached hydrogens (primary N) is 1. The summed E-state index contributed by atoms with van der Waals surface area (Å²) in [5.74, 6) is 1.90. The lowest BCUT2D eigenvalue weighted by atomic mass is 9.93. The molecule has 0 saturated carbocycles. The molecule has 17 nitrogen and oxygen atoms in total. The second-order valence-corrected chi connectivity index (χ2v) is 11.4. The number of nitrogen functional groups attached to an aromatic ring is 1. The number of anilines is 1. The van der Waals surface area contributed by atoms with E-state index >= 15 is 0 Å². The number of phosphoric acid groups is 3. The number of phosphoric ester groups is 1. The van der Waals surface area contributed by atoms with Gasteiger partial charge in [-0.2, -0.15) is 13.6 Å². The topological polar surface area (TPSA) is 270 Å². The van der Waals surface area contributed by atoms with Gasteiger partial charge in [-0.25, -0.2) is 18.5 Å². The molecular formula is C13H19ClN3O14P3. The van der Waals surface area contributed by atoms with Crippen molar-refractivity contribution in [2.24, 2.45) is 0 Å². The fourth-order valence-electron chi connectivity index (χ4n) is 3.05. The van der Waals surface area contributed by atoms with Gasteiger partial charge in [0, 0.05) is 11.1 Å². The van der Waals surface area contributed by atoms with Gasteiger partial charge in [0.05, 0.1) is 6.10 Å². The van der Waals surface area contributed by atoms with Gasteiger partial charge in [0.2, 0.25) is 5.60 Å². The number of aliphatic hydroxyl groups is 2. The molecule has 0 aromatic carbocycles. The molecule has 0 amide bonds. The van der Waals surface area contributed by atoms with Crippen molar-refractivity contribution >= 4 is 40.9 Å². The first-order valence-electron chi connectivity index (χ1n) is 8.68. The van der Waals surface area contributed by atoms with Crippen LogP contribution < -0.4 is 11.4 Å². The number of hydrogen-bond acceptors (Lipinski definition) is 12. The smallest absolute Gasteiger partial charge is 0.386 e. The maximum Gasteiger partial charge on any atom is 0.490 e. The third-order valence-electron chi connectivity index (χ3n) is 4.25. The van der Waals surface area contributed by atoms with Crippen molar-refractivity contribution in [3.8, 4) is 11.3 Å². The van der Waals surface area contributed by atoms with Crippen LogP contribution in [-0.2, 0) is 31.6 Å². The zero-order chi connectivity index (χ0) is 26.3. The van der Waals surface area contributed by atoms with E-state index < -0.39 is 59.3 Å². The molecule has 21 heteroatoms. The number of aromatic nitrogens is 2. The highest BCUT2D eigenvalue weighted by Gasteiger charge is 2.59. The first kappa shape index (κ1) is 29.1. The molecule has 0 spiro atoms. The number of halogens is 1. The van der Waals surface area contributed by atoms with E-state index in [1.165, 1.54) is 13.0 Å². The Morgan fingerprint density at radius 2 is 1.85 bits per heavy atom. The first-order chi connectivity index (χ1) is 15.3. The predicted octanol–water partition coefficient (Wildman–Crippen LogP) is -0.945. The summed E-state index contributed by atoms with van der Waals surface area (Å²) in [5, 5.41) is 23.4. The Labute approximate surface area is 195 Å². The molecule has 0 bridgehead atoms. The normalized spacial score (nSPS) is 29.5. The monoisotopic (exact) mass is 569 g/mol. The van der Waals surface area contributed by atoms with E-state index in [-0.39, 0.29) is 11.5 Å². The van der Waals surface area contributed by atoms with Crippen molar-refractivity contribution in [1.82, 2.24) is 9.55 Å². The van der Waals surface area contributed by atoms with E-state index in [1.807, 2.05) is 5.38 Å². The minimum absolute atomic E-state index is 0.102. The van der Waals surface area contributed by atoms with Crippen LogP contribution in [0.1, 0.15) is 18.8 Å². The average molecular weight is 570 g/mol. The summed E-state index contributed by atoms with van der Waals surface area (Å²) < 4.78 is 52.3. The zero-order valence-electron chi connectivity index (χ0n) is 17.0. The van der Waals surface area contributed by atoms with E-state index in [0.29, 0.717) is 0 Å². The minimum Gasteiger partial charge on any atom is -0.386 e. The summed E-state index contributed by atoms with van der Waals surface area (Å²) in [6.45, 7) is 2.37. The van der Waals surface area contributed by atoms with Crippen molar-refractivity contribution in [3.05, 3.63) is 22.2 Å². The van der Waals surface area contributed by atoms with E-state index in [0.717, 1.165) is 11.5 Å². The number of aliphatic hydroxyl groups excluding tert-OH is 1. The molecule has 7 atom stereocenters. The van der Waals surface area contributed by atoms with E-state index in [9.17, 15) is 38.5 Å². The lowest BCUT2D eigenvalue weighted by Crippen LogP contribution is -2.49. The Morgan fingerprint density at radius 1 is 1.26 bits per heavy atom. The Bertz CT molecular complexity index is 1210. The number of aryl methyl sites for hydroxylation is 1. The molecule has 1 saturated heterocycles. The SMILES string of the molecule is Cc1cc(N)nc(=O)n1[C@@H]1O[C@H]([C@H](C)OP(=O)(O)OP(=O)(O)OP(=O)(O)O)C(O)[C@]1(O)C#CCl. The van der Waals surface area contributed by atoms with Crippen molar-refractivity contribution in [2.75, 3.05) is 5.73 Å². The molecule has 1 aromatic heterocycles. The van der Waals surface area contributed by atoms with Crippen LogP contribution in [-0.4, -0.2) is 63.3 Å². The van der Waals surface area contributed by atoms with Gasteiger partial charge in [-0.05, 0) is 37.4 Å². The largest absolute Gasteiger partial charge is 0.490 e. The minimum atomic E-state index is -5.81. The quantitative estimate of drug-likeness (QED) is 0.147. The van der Waals surface area contributed by atoms with Crippen molar-refractivity contribution < 1.29 is 61.4 Å². The molecule has 0 radical (unpaired) electrons. The second kappa shape index (κ2) is 10.1. The zero-order valence-corrected chi connectivity index (χ0v) is 20.5. The fraction of sp³-hybridized carbons (Fsp3) is 0.538. The van der Waals surface area contributed by atoms with Gasteiger partial charge in [0.25, 0.3) is 0 Å². The van der Waals surface area contributed by atoms with Crippen molar-refractivity contribution in [1.29, 1.82) is 0 Å². The molecule has 1 aromatic rings. The molecule has 34 heavy (non-hydrogen) atoms. The molecule has 2 heterocycles. The molecule has 1 fully saturated rings. The number of hydrogen-bond donors (Lipinski definition) is 7. The molecule has 0 aliphatic carbocycles. The summed E-state index contributed by atoms with van der Waals surface area (Å²) in [6, 6.07) is 1.23. The average Bonchev–Trinajstić information content (AvgIpc) is 2.83. The van der Waals surface area contributed by atoms with E-state index in [1.54, 1.807) is 0 Å². The number of nitrogens with zero attached hydrogens (tertiary/aromatic N) is 2. The Morgan fingerprint density at radius 3 is 2.35 bits per heavy atom.